The third-order valence-corrected chi connectivity index (χ3v) is 4.19. The first kappa shape index (κ1) is 14.6. The number of thioether (sulfide) groups is 1. The molecule has 8 heteroatoms. The van der Waals surface area contributed by atoms with Crippen molar-refractivity contribution in [1.29, 1.82) is 0 Å². The van der Waals surface area contributed by atoms with Crippen LogP contribution in [-0.4, -0.2) is 24.7 Å². The van der Waals surface area contributed by atoms with Gasteiger partial charge in [-0.3, -0.25) is 4.57 Å². The van der Waals surface area contributed by atoms with Gasteiger partial charge in [-0.25, -0.2) is 9.97 Å². The maximum absolute atomic E-state index is 5.71. The largest absolute Gasteiger partial charge is 0.461 e. The van der Waals surface area contributed by atoms with E-state index in [4.69, 9.17) is 10.2 Å². The van der Waals surface area contributed by atoms with Gasteiger partial charge in [-0.05, 0) is 32.0 Å². The first-order valence-electron chi connectivity index (χ1n) is 6.91. The Kier molecular flexibility index (Phi) is 4.10. The average Bonchev–Trinajstić information content (AvgIpc) is 3.15. The van der Waals surface area contributed by atoms with Gasteiger partial charge in [0.05, 0.1) is 11.5 Å². The van der Waals surface area contributed by atoms with E-state index in [0.29, 0.717) is 17.4 Å². The molecule has 3 rings (SSSR count). The second-order valence-corrected chi connectivity index (χ2v) is 5.94. The number of nitrogens with zero attached hydrogens (tertiary/aromatic N) is 5. The van der Waals surface area contributed by atoms with Crippen LogP contribution in [0, 0.1) is 0 Å². The Balaban J connectivity index is 1.86. The molecule has 0 aliphatic carbocycles. The molecule has 0 spiro atoms. The van der Waals surface area contributed by atoms with Gasteiger partial charge in [0.15, 0.2) is 16.7 Å². The van der Waals surface area contributed by atoms with Gasteiger partial charge in [0.25, 0.3) is 0 Å². The molecule has 7 nitrogen and oxygen atoms in total. The van der Waals surface area contributed by atoms with Crippen LogP contribution in [0.1, 0.15) is 24.9 Å². The highest BCUT2D eigenvalue weighted by molar-refractivity contribution is 7.99. The highest BCUT2D eigenvalue weighted by Crippen LogP contribution is 2.33. The number of hydrogen-bond donors (Lipinski definition) is 1. The van der Waals surface area contributed by atoms with E-state index in [1.54, 1.807) is 30.3 Å². The van der Waals surface area contributed by atoms with Gasteiger partial charge in [0.1, 0.15) is 11.6 Å². The van der Waals surface area contributed by atoms with Crippen molar-refractivity contribution in [2.45, 2.75) is 30.8 Å². The van der Waals surface area contributed by atoms with Gasteiger partial charge in [-0.15, -0.1) is 10.2 Å². The molecule has 3 aromatic rings. The molecule has 0 aliphatic rings. The van der Waals surface area contributed by atoms with Crippen LogP contribution in [0.2, 0.25) is 0 Å². The minimum absolute atomic E-state index is 0.0162. The van der Waals surface area contributed by atoms with Crippen LogP contribution in [0.4, 0.5) is 5.82 Å². The molecule has 0 radical (unpaired) electrons. The van der Waals surface area contributed by atoms with E-state index in [2.05, 4.69) is 20.2 Å². The number of anilines is 1. The zero-order valence-corrected chi connectivity index (χ0v) is 13.1. The molecule has 0 fully saturated rings. The maximum Gasteiger partial charge on any atom is 0.200 e. The molecule has 3 heterocycles. The summed E-state index contributed by atoms with van der Waals surface area (Å²) in [5, 5.41) is 9.30. The van der Waals surface area contributed by atoms with E-state index in [0.717, 1.165) is 17.5 Å². The summed E-state index contributed by atoms with van der Waals surface area (Å²) in [6.45, 7) is 4.80. The third-order valence-electron chi connectivity index (χ3n) is 3.12. The molecule has 0 bridgehead atoms. The predicted octanol–water partition coefficient (Wildman–Crippen LogP) is 2.78. The Hall–Kier alpha value is -2.35. The smallest absolute Gasteiger partial charge is 0.200 e. The van der Waals surface area contributed by atoms with Crippen LogP contribution in [0.5, 0.6) is 0 Å². The summed E-state index contributed by atoms with van der Waals surface area (Å²) in [4.78, 5) is 8.51. The van der Waals surface area contributed by atoms with E-state index in [1.807, 2.05) is 30.5 Å². The lowest BCUT2D eigenvalue weighted by Crippen LogP contribution is -2.03. The SMILES string of the molecule is CCn1c(SC(C)c2nccc(N)n2)nnc1-c1ccco1. The highest BCUT2D eigenvalue weighted by atomic mass is 32.2. The summed E-state index contributed by atoms with van der Waals surface area (Å²) in [6, 6.07) is 5.37. The first-order valence-corrected chi connectivity index (χ1v) is 7.79. The molecule has 1 atom stereocenters. The molecule has 3 aromatic heterocycles. The van der Waals surface area contributed by atoms with Gasteiger partial charge < -0.3 is 10.2 Å². The van der Waals surface area contributed by atoms with Crippen molar-refractivity contribution >= 4 is 17.6 Å². The van der Waals surface area contributed by atoms with Gasteiger partial charge >= 0.3 is 0 Å². The lowest BCUT2D eigenvalue weighted by Gasteiger charge is -2.10. The fourth-order valence-corrected chi connectivity index (χ4v) is 3.01. The second-order valence-electron chi connectivity index (χ2n) is 4.63. The summed E-state index contributed by atoms with van der Waals surface area (Å²) >= 11 is 1.54. The maximum atomic E-state index is 5.71. The normalized spacial score (nSPS) is 12.5. The number of hydrogen-bond acceptors (Lipinski definition) is 7. The van der Waals surface area contributed by atoms with E-state index in [-0.39, 0.29) is 5.25 Å². The molecule has 114 valence electrons. The lowest BCUT2D eigenvalue weighted by atomic mass is 10.4. The second kappa shape index (κ2) is 6.18. The summed E-state index contributed by atoms with van der Waals surface area (Å²) in [5.74, 6) is 2.56. The summed E-state index contributed by atoms with van der Waals surface area (Å²) in [5.41, 5.74) is 5.71. The molecule has 2 N–H and O–H groups in total. The van der Waals surface area contributed by atoms with E-state index >= 15 is 0 Å². The molecule has 0 aromatic carbocycles. The van der Waals surface area contributed by atoms with Crippen LogP contribution < -0.4 is 5.73 Å². The zero-order chi connectivity index (χ0) is 15.5. The quantitative estimate of drug-likeness (QED) is 0.723. The molecule has 1 unspecified atom stereocenters. The Labute approximate surface area is 132 Å². The summed E-state index contributed by atoms with van der Waals surface area (Å²) in [7, 11) is 0. The highest BCUT2D eigenvalue weighted by Gasteiger charge is 2.19. The molecule has 22 heavy (non-hydrogen) atoms. The minimum atomic E-state index is 0.0162. The number of furan rings is 1. The zero-order valence-electron chi connectivity index (χ0n) is 12.3. The van der Waals surface area contributed by atoms with Crippen molar-refractivity contribution in [3.8, 4) is 11.6 Å². The van der Waals surface area contributed by atoms with E-state index < -0.39 is 0 Å². The van der Waals surface area contributed by atoms with Crippen molar-refractivity contribution in [3.63, 3.8) is 0 Å². The number of nitrogens with two attached hydrogens (primary N) is 1. The van der Waals surface area contributed by atoms with E-state index in [1.165, 1.54) is 0 Å². The van der Waals surface area contributed by atoms with Gasteiger partial charge in [-0.2, -0.15) is 0 Å². The van der Waals surface area contributed by atoms with Crippen molar-refractivity contribution in [3.05, 3.63) is 36.5 Å². The van der Waals surface area contributed by atoms with Crippen molar-refractivity contribution in [2.75, 3.05) is 5.73 Å². The Morgan fingerprint density at radius 3 is 2.91 bits per heavy atom. The Bertz CT molecular complexity index is 755. The minimum Gasteiger partial charge on any atom is -0.461 e. The fraction of sp³-hybridized carbons (Fsp3) is 0.286. The molecule has 0 aliphatic heterocycles. The summed E-state index contributed by atoms with van der Waals surface area (Å²) < 4.78 is 7.41. The standard InChI is InChI=1S/C14H16N6OS/c1-3-20-13(10-5-4-8-21-10)18-19-14(20)22-9(2)12-16-7-6-11(15)17-12/h4-9H,3H2,1-2H3,(H2,15,16,17). The average molecular weight is 316 g/mol. The Morgan fingerprint density at radius 2 is 2.23 bits per heavy atom. The van der Waals surface area contributed by atoms with Crippen molar-refractivity contribution in [2.24, 2.45) is 0 Å². The topological polar surface area (TPSA) is 95.7 Å². The monoisotopic (exact) mass is 316 g/mol. The van der Waals surface area contributed by atoms with Crippen LogP contribution in [0.15, 0.2) is 40.2 Å². The van der Waals surface area contributed by atoms with Gasteiger partial charge in [0.2, 0.25) is 0 Å². The molecule has 0 saturated carbocycles. The van der Waals surface area contributed by atoms with Crippen LogP contribution in [0.25, 0.3) is 11.6 Å². The van der Waals surface area contributed by atoms with Crippen LogP contribution in [0.3, 0.4) is 0 Å². The molecule has 0 saturated heterocycles. The van der Waals surface area contributed by atoms with Crippen LogP contribution >= 0.6 is 11.8 Å². The number of rotatable bonds is 5. The fourth-order valence-electron chi connectivity index (χ4n) is 2.04. The molecule has 0 amide bonds. The van der Waals surface area contributed by atoms with Crippen molar-refractivity contribution < 1.29 is 4.42 Å². The molecular weight excluding hydrogens is 300 g/mol. The van der Waals surface area contributed by atoms with Gasteiger partial charge in [-0.1, -0.05) is 11.8 Å². The van der Waals surface area contributed by atoms with Crippen molar-refractivity contribution in [1.82, 2.24) is 24.7 Å². The van der Waals surface area contributed by atoms with E-state index in [9.17, 15) is 0 Å². The summed E-state index contributed by atoms with van der Waals surface area (Å²) in [6.07, 6.45) is 3.29. The first-order chi connectivity index (χ1) is 10.7. The van der Waals surface area contributed by atoms with Crippen LogP contribution in [-0.2, 0) is 6.54 Å². The Morgan fingerprint density at radius 1 is 1.36 bits per heavy atom. The predicted molar refractivity (Wildman–Crippen MR) is 84.1 cm³/mol. The number of nitrogen functional groups attached to an aromatic ring is 1. The third kappa shape index (κ3) is 2.82. The van der Waals surface area contributed by atoms with Gasteiger partial charge in [0, 0.05) is 12.7 Å². The molecular formula is C14H16N6OS. The lowest BCUT2D eigenvalue weighted by molar-refractivity contribution is 0.567. The number of aromatic nitrogens is 5.